The summed E-state index contributed by atoms with van der Waals surface area (Å²) >= 11 is 0. The van der Waals surface area contributed by atoms with Crippen molar-refractivity contribution < 1.29 is 17.1 Å². The molecule has 0 radical (unpaired) electrons. The van der Waals surface area contributed by atoms with Crippen LogP contribution in [0.2, 0.25) is 32.7 Å². The molecule has 0 aromatic rings. The van der Waals surface area contributed by atoms with Crippen molar-refractivity contribution in [2.24, 2.45) is 0 Å². The lowest BCUT2D eigenvalue weighted by molar-refractivity contribution is 0.103. The largest absolute Gasteiger partial charge is 0.416 e. The summed E-state index contributed by atoms with van der Waals surface area (Å²) in [6, 6.07) is 0. The highest BCUT2D eigenvalue weighted by molar-refractivity contribution is 6.93. The average molecular weight is 281 g/mol. The highest BCUT2D eigenvalue weighted by atomic mass is 28.5. The number of rotatable bonds is 3. The van der Waals surface area contributed by atoms with E-state index in [-0.39, 0.29) is 5.73 Å². The molecule has 0 spiro atoms. The van der Waals surface area contributed by atoms with Gasteiger partial charge >= 0.3 is 25.7 Å². The molecule has 16 heavy (non-hydrogen) atoms. The van der Waals surface area contributed by atoms with Crippen LogP contribution in [0, 0.1) is 0 Å². The van der Waals surface area contributed by atoms with E-state index in [0.29, 0.717) is 0 Å². The molecule has 4 nitrogen and oxygen atoms in total. The topological polar surface area (TPSA) is 36.9 Å². The molecule has 1 fully saturated rings. The minimum atomic E-state index is -2.26. The predicted molar refractivity (Wildman–Crippen MR) is 70.9 cm³/mol. The number of hydrogen-bond acceptors (Lipinski definition) is 4. The van der Waals surface area contributed by atoms with Crippen LogP contribution in [0.15, 0.2) is 0 Å². The summed E-state index contributed by atoms with van der Waals surface area (Å²) in [6.07, 6.45) is 0.925. The SMILES string of the molecule is CCC(OC)[Si]1(C)O[Si](C)(C)O[Si](C)(C)O1. The van der Waals surface area contributed by atoms with Crippen LogP contribution in [0.5, 0.6) is 0 Å². The Morgan fingerprint density at radius 3 is 1.69 bits per heavy atom. The zero-order valence-electron chi connectivity index (χ0n) is 11.4. The van der Waals surface area contributed by atoms with Crippen molar-refractivity contribution in [1.82, 2.24) is 0 Å². The highest BCUT2D eigenvalue weighted by Crippen LogP contribution is 2.33. The molecule has 1 saturated heterocycles. The Balaban J connectivity index is 2.95. The van der Waals surface area contributed by atoms with Gasteiger partial charge in [0, 0.05) is 7.11 Å². The van der Waals surface area contributed by atoms with Crippen LogP contribution in [-0.4, -0.2) is 38.5 Å². The van der Waals surface area contributed by atoms with E-state index in [2.05, 4.69) is 39.7 Å². The van der Waals surface area contributed by atoms with Crippen molar-refractivity contribution in [2.45, 2.75) is 51.8 Å². The van der Waals surface area contributed by atoms with Crippen molar-refractivity contribution in [2.75, 3.05) is 7.11 Å². The van der Waals surface area contributed by atoms with E-state index < -0.39 is 25.7 Å². The first kappa shape index (κ1) is 14.6. The lowest BCUT2D eigenvalue weighted by Gasteiger charge is -2.49. The first-order valence-electron chi connectivity index (χ1n) is 5.77. The third kappa shape index (κ3) is 3.25. The molecule has 0 bridgehead atoms. The van der Waals surface area contributed by atoms with Gasteiger partial charge in [0.1, 0.15) is 0 Å². The first-order valence-corrected chi connectivity index (χ1v) is 13.8. The standard InChI is InChI=1S/C9H24O4Si3/c1-8-9(10-2)16(7)12-14(3,4)11-15(5,6)13-16/h9H,8H2,1-7H3. The summed E-state index contributed by atoms with van der Waals surface area (Å²) in [5.41, 5.74) is 0.0925. The number of methoxy groups -OCH3 is 1. The van der Waals surface area contributed by atoms with E-state index in [1.54, 1.807) is 7.11 Å². The molecule has 1 aliphatic rings. The third-order valence-electron chi connectivity index (χ3n) is 2.63. The van der Waals surface area contributed by atoms with Gasteiger partial charge in [0.25, 0.3) is 0 Å². The molecule has 0 amide bonds. The Hall–Kier alpha value is 0.491. The molecule has 0 aromatic heterocycles. The Bertz CT molecular complexity index is 237. The van der Waals surface area contributed by atoms with E-state index in [0.717, 1.165) is 6.42 Å². The lowest BCUT2D eigenvalue weighted by Crippen LogP contribution is -2.69. The van der Waals surface area contributed by atoms with E-state index >= 15 is 0 Å². The summed E-state index contributed by atoms with van der Waals surface area (Å²) in [7, 11) is -4.60. The molecule has 7 heteroatoms. The van der Waals surface area contributed by atoms with Gasteiger partial charge in [-0.2, -0.15) is 0 Å². The normalized spacial score (nSPS) is 28.7. The molecule has 0 aromatic carbocycles. The molecule has 0 aliphatic carbocycles. The van der Waals surface area contributed by atoms with Crippen LogP contribution in [0.4, 0.5) is 0 Å². The van der Waals surface area contributed by atoms with Gasteiger partial charge in [-0.1, -0.05) is 6.92 Å². The Morgan fingerprint density at radius 2 is 1.38 bits per heavy atom. The van der Waals surface area contributed by atoms with E-state index in [1.807, 2.05) is 0 Å². The summed E-state index contributed by atoms with van der Waals surface area (Å²) < 4.78 is 23.9. The smallest absolute Gasteiger partial charge is 0.347 e. The number of ether oxygens (including phenoxy) is 1. The van der Waals surface area contributed by atoms with Crippen LogP contribution in [0.3, 0.4) is 0 Å². The quantitative estimate of drug-likeness (QED) is 0.744. The van der Waals surface area contributed by atoms with Crippen LogP contribution >= 0.6 is 0 Å². The predicted octanol–water partition coefficient (Wildman–Crippen LogP) is 2.49. The Labute approximate surface area is 102 Å². The van der Waals surface area contributed by atoms with Gasteiger partial charge < -0.3 is 17.1 Å². The maximum absolute atomic E-state index is 6.18. The zero-order valence-corrected chi connectivity index (χ0v) is 14.4. The van der Waals surface area contributed by atoms with Crippen molar-refractivity contribution in [1.29, 1.82) is 0 Å². The van der Waals surface area contributed by atoms with E-state index in [4.69, 9.17) is 17.1 Å². The maximum atomic E-state index is 6.18. The maximum Gasteiger partial charge on any atom is 0.347 e. The van der Waals surface area contributed by atoms with Crippen LogP contribution in [-0.2, 0) is 17.1 Å². The minimum absolute atomic E-state index is 0.0925. The second-order valence-corrected chi connectivity index (χ2v) is 16.0. The van der Waals surface area contributed by atoms with Gasteiger partial charge in [0.15, 0.2) is 0 Å². The first-order chi connectivity index (χ1) is 7.14. The van der Waals surface area contributed by atoms with Gasteiger partial charge in [-0.3, -0.25) is 0 Å². The van der Waals surface area contributed by atoms with Crippen molar-refractivity contribution in [3.63, 3.8) is 0 Å². The molecule has 1 atom stereocenters. The number of hydrogen-bond donors (Lipinski definition) is 0. The van der Waals surface area contributed by atoms with E-state index in [9.17, 15) is 0 Å². The molecule has 1 aliphatic heterocycles. The second-order valence-electron chi connectivity index (χ2n) is 5.25. The van der Waals surface area contributed by atoms with Crippen molar-refractivity contribution in [3.8, 4) is 0 Å². The summed E-state index contributed by atoms with van der Waals surface area (Å²) in [5, 5.41) is 0. The van der Waals surface area contributed by atoms with Crippen molar-refractivity contribution in [3.05, 3.63) is 0 Å². The van der Waals surface area contributed by atoms with Crippen LogP contribution in [0.1, 0.15) is 13.3 Å². The molecular formula is C9H24O4Si3. The fraction of sp³-hybridized carbons (Fsp3) is 1.00. The fourth-order valence-electron chi connectivity index (χ4n) is 2.51. The van der Waals surface area contributed by atoms with Crippen LogP contribution in [0.25, 0.3) is 0 Å². The summed E-state index contributed by atoms with van der Waals surface area (Å²) in [4.78, 5) is 0. The highest BCUT2D eigenvalue weighted by Gasteiger charge is 2.56. The summed E-state index contributed by atoms with van der Waals surface area (Å²) in [6.45, 7) is 12.6. The van der Waals surface area contributed by atoms with Gasteiger partial charge in [-0.15, -0.1) is 0 Å². The lowest BCUT2D eigenvalue weighted by atomic mass is 10.5. The van der Waals surface area contributed by atoms with Gasteiger partial charge in [0.05, 0.1) is 5.73 Å². The molecular weight excluding hydrogens is 256 g/mol. The average Bonchev–Trinajstić information content (AvgIpc) is 1.97. The molecule has 96 valence electrons. The second kappa shape index (κ2) is 4.64. The van der Waals surface area contributed by atoms with Gasteiger partial charge in [-0.05, 0) is 39.2 Å². The van der Waals surface area contributed by atoms with Crippen molar-refractivity contribution >= 4 is 25.7 Å². The third-order valence-corrected chi connectivity index (χ3v) is 15.6. The molecule has 1 heterocycles. The van der Waals surface area contributed by atoms with E-state index in [1.165, 1.54) is 0 Å². The molecule has 1 unspecified atom stereocenters. The molecule has 1 rings (SSSR count). The molecule has 0 N–H and O–H groups in total. The summed E-state index contributed by atoms with van der Waals surface area (Å²) in [5.74, 6) is 0. The zero-order chi connectivity index (χ0) is 12.6. The van der Waals surface area contributed by atoms with Gasteiger partial charge in [-0.25, -0.2) is 0 Å². The fourth-order valence-corrected chi connectivity index (χ4v) is 18.9. The monoisotopic (exact) mass is 280 g/mol. The Kier molecular flexibility index (Phi) is 4.22. The van der Waals surface area contributed by atoms with Gasteiger partial charge in [0.2, 0.25) is 0 Å². The minimum Gasteiger partial charge on any atom is -0.416 e. The van der Waals surface area contributed by atoms with Crippen LogP contribution < -0.4 is 0 Å². The Morgan fingerprint density at radius 1 is 0.938 bits per heavy atom. The molecule has 0 saturated carbocycles.